The molecule has 0 aliphatic carbocycles. The molecule has 0 saturated carbocycles. The van der Waals surface area contributed by atoms with Crippen molar-refractivity contribution in [2.24, 2.45) is 5.92 Å². The average Bonchev–Trinajstić information content (AvgIpc) is 2.43. The second-order valence-electron chi connectivity index (χ2n) is 7.34. The number of hydrogen-bond donors (Lipinski definition) is 1. The normalized spacial score (nSPS) is 20.9. The Morgan fingerprint density at radius 3 is 2.72 bits per heavy atom. The highest BCUT2D eigenvalue weighted by atomic mass is 79.9. The third-order valence-electron chi connectivity index (χ3n) is 3.75. The van der Waals surface area contributed by atoms with Gasteiger partial charge in [-0.25, -0.2) is 4.79 Å². The first-order valence-corrected chi connectivity index (χ1v) is 8.88. The van der Waals surface area contributed by atoms with Crippen LogP contribution in [0.3, 0.4) is 0 Å². The second kappa shape index (κ2) is 7.55. The quantitative estimate of drug-likeness (QED) is 0.600. The molecule has 1 N–H and O–H groups in total. The third kappa shape index (κ3) is 5.29. The Kier molecular flexibility index (Phi) is 5.87. The molecule has 0 radical (unpaired) electrons. The zero-order chi connectivity index (χ0) is 18.8. The molecule has 9 heteroatoms. The fourth-order valence-corrected chi connectivity index (χ4v) is 3.55. The van der Waals surface area contributed by atoms with Crippen LogP contribution in [0.4, 0.5) is 16.2 Å². The molecular formula is C16H23BrN4O4. The van der Waals surface area contributed by atoms with Gasteiger partial charge in [0.2, 0.25) is 0 Å². The van der Waals surface area contributed by atoms with E-state index in [-0.39, 0.29) is 17.6 Å². The van der Waals surface area contributed by atoms with Gasteiger partial charge in [-0.05, 0) is 49.0 Å². The molecule has 0 aromatic carbocycles. The maximum absolute atomic E-state index is 12.0. The van der Waals surface area contributed by atoms with Crippen LogP contribution in [0.5, 0.6) is 0 Å². The number of rotatable bonds is 3. The van der Waals surface area contributed by atoms with Gasteiger partial charge in [-0.2, -0.15) is 0 Å². The molecule has 138 valence electrons. The summed E-state index contributed by atoms with van der Waals surface area (Å²) in [6, 6.07) is -0.154. The van der Waals surface area contributed by atoms with Gasteiger partial charge < -0.3 is 15.0 Å². The van der Waals surface area contributed by atoms with E-state index in [0.717, 1.165) is 6.42 Å². The minimum atomic E-state index is -0.572. The van der Waals surface area contributed by atoms with E-state index in [4.69, 9.17) is 4.74 Å². The molecule has 0 bridgehead atoms. The van der Waals surface area contributed by atoms with Gasteiger partial charge in [0.25, 0.3) is 0 Å². The molecule has 1 aromatic rings. The number of alkyl carbamates (subject to hydrolysis) is 1. The Morgan fingerprint density at radius 2 is 2.12 bits per heavy atom. The lowest BCUT2D eigenvalue weighted by Crippen LogP contribution is -2.51. The smallest absolute Gasteiger partial charge is 0.407 e. The van der Waals surface area contributed by atoms with Crippen LogP contribution < -0.4 is 10.2 Å². The highest BCUT2D eigenvalue weighted by Crippen LogP contribution is 2.37. The zero-order valence-corrected chi connectivity index (χ0v) is 16.4. The first-order chi connectivity index (χ1) is 11.6. The number of halogens is 1. The fourth-order valence-electron chi connectivity index (χ4n) is 2.98. The largest absolute Gasteiger partial charge is 0.444 e. The van der Waals surface area contributed by atoms with E-state index in [2.05, 4.69) is 33.2 Å². The second-order valence-corrected chi connectivity index (χ2v) is 8.19. The highest BCUT2D eigenvalue weighted by Gasteiger charge is 2.32. The van der Waals surface area contributed by atoms with Gasteiger partial charge in [-0.3, -0.25) is 15.1 Å². The molecule has 2 rings (SSSR count). The molecule has 1 aliphatic heterocycles. The standard InChI is InChI=1S/C16H23BrN4O4/c1-10-5-11(19-15(22)25-16(2,3)4)9-20(8-10)14-12(17)6-18-7-13(14)21(23)24/h6-7,10-11H,5,8-9H2,1-4H3,(H,19,22)/t10-,11+/m1/s1. The Bertz CT molecular complexity index is 662. The summed E-state index contributed by atoms with van der Waals surface area (Å²) < 4.78 is 5.87. The van der Waals surface area contributed by atoms with Gasteiger partial charge in [-0.1, -0.05) is 6.92 Å². The van der Waals surface area contributed by atoms with E-state index in [0.29, 0.717) is 23.2 Å². The van der Waals surface area contributed by atoms with Crippen LogP contribution in [0.1, 0.15) is 34.1 Å². The van der Waals surface area contributed by atoms with Crippen molar-refractivity contribution in [2.75, 3.05) is 18.0 Å². The van der Waals surface area contributed by atoms with E-state index < -0.39 is 16.6 Å². The molecule has 1 fully saturated rings. The van der Waals surface area contributed by atoms with Crippen LogP contribution in [0.15, 0.2) is 16.9 Å². The number of carbonyl (C=O) groups excluding carboxylic acids is 1. The lowest BCUT2D eigenvalue weighted by molar-refractivity contribution is -0.384. The average molecular weight is 415 g/mol. The summed E-state index contributed by atoms with van der Waals surface area (Å²) in [5, 5.41) is 14.2. The number of aromatic nitrogens is 1. The summed E-state index contributed by atoms with van der Waals surface area (Å²) in [5.74, 6) is 0.258. The van der Waals surface area contributed by atoms with Crippen molar-refractivity contribution in [2.45, 2.75) is 45.8 Å². The molecule has 8 nitrogen and oxygen atoms in total. The van der Waals surface area contributed by atoms with Crippen molar-refractivity contribution < 1.29 is 14.5 Å². The number of ether oxygens (including phenoxy) is 1. The monoisotopic (exact) mass is 414 g/mol. The summed E-state index contributed by atoms with van der Waals surface area (Å²) in [6.45, 7) is 8.60. The first-order valence-electron chi connectivity index (χ1n) is 8.09. The molecule has 25 heavy (non-hydrogen) atoms. The van der Waals surface area contributed by atoms with Gasteiger partial charge in [0.05, 0.1) is 9.40 Å². The summed E-state index contributed by atoms with van der Waals surface area (Å²) in [6.07, 6.45) is 3.09. The number of nitrogens with one attached hydrogen (secondary N) is 1. The number of anilines is 1. The van der Waals surface area contributed by atoms with Crippen LogP contribution in [-0.4, -0.2) is 40.7 Å². The molecule has 1 aliphatic rings. The fraction of sp³-hybridized carbons (Fsp3) is 0.625. The highest BCUT2D eigenvalue weighted by molar-refractivity contribution is 9.10. The van der Waals surface area contributed by atoms with E-state index in [1.54, 1.807) is 20.8 Å². The van der Waals surface area contributed by atoms with Gasteiger partial charge in [0, 0.05) is 25.3 Å². The number of amides is 1. The molecule has 1 saturated heterocycles. The summed E-state index contributed by atoms with van der Waals surface area (Å²) >= 11 is 3.36. The molecule has 0 spiro atoms. The van der Waals surface area contributed by atoms with Crippen molar-refractivity contribution in [3.63, 3.8) is 0 Å². The van der Waals surface area contributed by atoms with Crippen LogP contribution in [0, 0.1) is 16.0 Å². The Morgan fingerprint density at radius 1 is 1.44 bits per heavy atom. The van der Waals surface area contributed by atoms with Crippen LogP contribution in [-0.2, 0) is 4.74 Å². The van der Waals surface area contributed by atoms with Crippen molar-refractivity contribution in [1.29, 1.82) is 0 Å². The van der Waals surface area contributed by atoms with Crippen molar-refractivity contribution in [3.05, 3.63) is 27.0 Å². The van der Waals surface area contributed by atoms with E-state index in [1.165, 1.54) is 12.4 Å². The van der Waals surface area contributed by atoms with Crippen LogP contribution in [0.2, 0.25) is 0 Å². The van der Waals surface area contributed by atoms with Gasteiger partial charge in [0.1, 0.15) is 17.5 Å². The van der Waals surface area contributed by atoms with Crippen LogP contribution in [0.25, 0.3) is 0 Å². The topological polar surface area (TPSA) is 97.6 Å². The van der Waals surface area contributed by atoms with Crippen molar-refractivity contribution in [1.82, 2.24) is 10.3 Å². The minimum Gasteiger partial charge on any atom is -0.444 e. The minimum absolute atomic E-state index is 0.0560. The lowest BCUT2D eigenvalue weighted by Gasteiger charge is -2.38. The maximum atomic E-state index is 12.0. The molecular weight excluding hydrogens is 392 g/mol. The molecule has 2 atom stereocenters. The lowest BCUT2D eigenvalue weighted by atomic mass is 9.95. The van der Waals surface area contributed by atoms with E-state index >= 15 is 0 Å². The van der Waals surface area contributed by atoms with Gasteiger partial charge in [-0.15, -0.1) is 0 Å². The maximum Gasteiger partial charge on any atom is 0.407 e. The van der Waals surface area contributed by atoms with E-state index in [1.807, 2.05) is 4.90 Å². The number of hydrogen-bond acceptors (Lipinski definition) is 6. The van der Waals surface area contributed by atoms with Crippen molar-refractivity contribution in [3.8, 4) is 0 Å². The third-order valence-corrected chi connectivity index (χ3v) is 4.33. The SMILES string of the molecule is C[C@@H]1C[C@H](NC(=O)OC(C)(C)C)CN(c2c(Br)cncc2[N+](=O)[O-])C1. The number of carbonyl (C=O) groups is 1. The first kappa shape index (κ1) is 19.4. The van der Waals surface area contributed by atoms with Crippen LogP contribution >= 0.6 is 15.9 Å². The van der Waals surface area contributed by atoms with Gasteiger partial charge in [0.15, 0.2) is 0 Å². The predicted octanol–water partition coefficient (Wildman–Crippen LogP) is 3.49. The number of piperidine rings is 1. The molecule has 1 aromatic heterocycles. The Labute approximate surface area is 155 Å². The zero-order valence-electron chi connectivity index (χ0n) is 14.8. The number of nitrogens with zero attached hydrogens (tertiary/aromatic N) is 3. The van der Waals surface area contributed by atoms with E-state index in [9.17, 15) is 14.9 Å². The summed E-state index contributed by atoms with van der Waals surface area (Å²) in [4.78, 5) is 28.7. The van der Waals surface area contributed by atoms with Crippen molar-refractivity contribution >= 4 is 33.4 Å². The summed E-state index contributed by atoms with van der Waals surface area (Å²) in [5.41, 5.74) is -0.140. The molecule has 1 amide bonds. The van der Waals surface area contributed by atoms with Gasteiger partial charge >= 0.3 is 11.8 Å². The number of nitro groups is 1. The Hall–Kier alpha value is -1.90. The predicted molar refractivity (Wildman–Crippen MR) is 97.7 cm³/mol. The summed E-state index contributed by atoms with van der Waals surface area (Å²) in [7, 11) is 0. The Balaban J connectivity index is 2.19. The number of pyridine rings is 1. The molecule has 0 unspecified atom stereocenters. The molecule has 2 heterocycles.